The van der Waals surface area contributed by atoms with Crippen molar-refractivity contribution in [2.24, 2.45) is 0 Å². The van der Waals surface area contributed by atoms with Crippen molar-refractivity contribution in [3.63, 3.8) is 0 Å². The third kappa shape index (κ3) is 11.3. The van der Waals surface area contributed by atoms with E-state index in [0.29, 0.717) is 5.56 Å². The van der Waals surface area contributed by atoms with Gasteiger partial charge in [-0.3, -0.25) is 0 Å². The molecule has 0 unspecified atom stereocenters. The second-order valence-corrected chi connectivity index (χ2v) is 14.6. The SMILES string of the molecule is CC(C)(C)OC(=O)N1[C@H](COCc2ccccc2)[C@@H](OCc2ccccc2)[C@H](OCc2ccccc2)[C@@H](OCc2ccccc2)[C@@H]1/[N+]([O-])=C/c1ccccc1. The Hall–Kier alpha value is -5.32. The Labute approximate surface area is 324 Å². The van der Waals surface area contributed by atoms with Crippen LogP contribution in [0.3, 0.4) is 0 Å². The van der Waals surface area contributed by atoms with Gasteiger partial charge in [-0.1, -0.05) is 140 Å². The molecule has 0 N–H and O–H groups in total. The Kier molecular flexibility index (Phi) is 13.8. The first-order chi connectivity index (χ1) is 26.7. The molecule has 0 aliphatic carbocycles. The van der Waals surface area contributed by atoms with Crippen LogP contribution in [0.4, 0.5) is 4.79 Å². The van der Waals surface area contributed by atoms with Gasteiger partial charge in [0.2, 0.25) is 0 Å². The van der Waals surface area contributed by atoms with Crippen molar-refractivity contribution in [3.8, 4) is 0 Å². The Balaban J connectivity index is 1.49. The topological polar surface area (TPSA) is 92.5 Å². The van der Waals surface area contributed by atoms with E-state index in [2.05, 4.69) is 0 Å². The van der Waals surface area contributed by atoms with Gasteiger partial charge < -0.3 is 28.9 Å². The minimum absolute atomic E-state index is 0.0138. The Bertz CT molecular complexity index is 1910. The van der Waals surface area contributed by atoms with Crippen molar-refractivity contribution >= 4 is 12.3 Å². The van der Waals surface area contributed by atoms with E-state index in [1.807, 2.05) is 152 Å². The Morgan fingerprint density at radius 3 is 1.45 bits per heavy atom. The van der Waals surface area contributed by atoms with Crippen LogP contribution in [0.2, 0.25) is 0 Å². The summed E-state index contributed by atoms with van der Waals surface area (Å²) in [5, 5.41) is 14.8. The number of carbonyl (C=O) groups excluding carboxylic acids is 1. The molecule has 55 heavy (non-hydrogen) atoms. The van der Waals surface area contributed by atoms with E-state index in [9.17, 15) is 10.0 Å². The van der Waals surface area contributed by atoms with Gasteiger partial charge in [-0.15, -0.1) is 0 Å². The van der Waals surface area contributed by atoms with Gasteiger partial charge in [0.1, 0.15) is 17.8 Å². The minimum atomic E-state index is -1.25. The molecule has 0 saturated carbocycles. The van der Waals surface area contributed by atoms with Crippen molar-refractivity contribution in [1.29, 1.82) is 0 Å². The molecular weight excluding hydrogens is 693 g/mol. The molecule has 5 aromatic carbocycles. The molecule has 0 aromatic heterocycles. The monoisotopic (exact) mass is 742 g/mol. The second-order valence-electron chi connectivity index (χ2n) is 14.6. The average molecular weight is 743 g/mol. The number of carbonyl (C=O) groups is 1. The van der Waals surface area contributed by atoms with E-state index in [4.69, 9.17) is 23.7 Å². The molecule has 0 radical (unpaired) electrons. The molecule has 1 aliphatic rings. The predicted molar refractivity (Wildman–Crippen MR) is 212 cm³/mol. The van der Waals surface area contributed by atoms with Crippen molar-refractivity contribution in [2.45, 2.75) is 83.3 Å². The van der Waals surface area contributed by atoms with Crippen LogP contribution in [0.15, 0.2) is 152 Å². The number of hydroxylamine groups is 1. The number of ether oxygens (including phenoxy) is 5. The Morgan fingerprint density at radius 1 is 0.600 bits per heavy atom. The zero-order valence-electron chi connectivity index (χ0n) is 31.7. The van der Waals surface area contributed by atoms with Gasteiger partial charge in [-0.2, -0.15) is 4.74 Å². The smallest absolute Gasteiger partial charge is 0.415 e. The highest BCUT2D eigenvalue weighted by atomic mass is 16.6. The second kappa shape index (κ2) is 19.3. The predicted octanol–water partition coefficient (Wildman–Crippen LogP) is 8.53. The fourth-order valence-corrected chi connectivity index (χ4v) is 6.60. The Morgan fingerprint density at radius 2 is 1.00 bits per heavy atom. The van der Waals surface area contributed by atoms with Gasteiger partial charge in [0.15, 0.2) is 12.3 Å². The highest BCUT2D eigenvalue weighted by molar-refractivity contribution is 5.76. The van der Waals surface area contributed by atoms with E-state index in [1.165, 1.54) is 11.1 Å². The van der Waals surface area contributed by atoms with Crippen LogP contribution in [0.1, 0.15) is 48.6 Å². The van der Waals surface area contributed by atoms with Crippen molar-refractivity contribution < 1.29 is 33.2 Å². The van der Waals surface area contributed by atoms with Crippen molar-refractivity contribution in [2.75, 3.05) is 6.61 Å². The molecule has 1 fully saturated rings. The highest BCUT2D eigenvalue weighted by Gasteiger charge is 2.58. The van der Waals surface area contributed by atoms with Crippen LogP contribution in [0, 0.1) is 5.21 Å². The van der Waals surface area contributed by atoms with Gasteiger partial charge in [0.05, 0.1) is 39.1 Å². The summed E-state index contributed by atoms with van der Waals surface area (Å²) in [5.74, 6) is 0. The van der Waals surface area contributed by atoms with Crippen LogP contribution < -0.4 is 0 Å². The number of piperidine rings is 1. The van der Waals surface area contributed by atoms with Crippen LogP contribution in [0.25, 0.3) is 0 Å². The molecule has 1 aliphatic heterocycles. The van der Waals surface area contributed by atoms with E-state index in [1.54, 1.807) is 20.8 Å². The summed E-state index contributed by atoms with van der Waals surface area (Å²) < 4.78 is 33.8. The summed E-state index contributed by atoms with van der Waals surface area (Å²) in [6.07, 6.45) is -3.16. The molecular formula is C46H50N2O7. The maximum absolute atomic E-state index is 14.8. The first kappa shape index (κ1) is 39.4. The standard InChI is InChI=1S/C46H50N2O7/c1-46(2,3)55-45(49)48-40(34-51-30-36-21-11-5-12-22-36)41(52-31-37-23-13-6-14-24-37)42(53-32-38-25-15-7-16-26-38)43(54-33-39-27-17-8-18-28-39)44(48)47(50)29-35-19-9-4-10-20-35/h4-29,40-44H,30-34H2,1-3H3/b47-29-/t40-,41-,42+,43-,44-/m1/s1. The molecule has 5 aromatic rings. The first-order valence-corrected chi connectivity index (χ1v) is 18.7. The molecule has 9 heteroatoms. The molecule has 0 bridgehead atoms. The van der Waals surface area contributed by atoms with Crippen molar-refractivity contribution in [3.05, 3.63) is 185 Å². The average Bonchev–Trinajstić information content (AvgIpc) is 3.20. The quantitative estimate of drug-likeness (QED) is 0.0460. The number of hydrogen-bond donors (Lipinski definition) is 0. The number of hydrogen-bond acceptors (Lipinski definition) is 7. The zero-order valence-corrected chi connectivity index (χ0v) is 31.7. The fourth-order valence-electron chi connectivity index (χ4n) is 6.60. The van der Waals surface area contributed by atoms with E-state index in [0.717, 1.165) is 27.0 Å². The lowest BCUT2D eigenvalue weighted by molar-refractivity contribution is -0.551. The molecule has 6 rings (SSSR count). The number of amides is 1. The molecule has 0 spiro atoms. The normalized spacial score (nSPS) is 20.2. The van der Waals surface area contributed by atoms with Gasteiger partial charge >= 0.3 is 6.09 Å². The van der Waals surface area contributed by atoms with E-state index < -0.39 is 42.2 Å². The summed E-state index contributed by atoms with van der Waals surface area (Å²) in [4.78, 5) is 16.1. The lowest BCUT2D eigenvalue weighted by atomic mass is 9.90. The fraction of sp³-hybridized carbons (Fsp3) is 0.304. The maximum atomic E-state index is 14.8. The molecule has 9 nitrogen and oxygen atoms in total. The highest BCUT2D eigenvalue weighted by Crippen LogP contribution is 2.35. The van der Waals surface area contributed by atoms with Gasteiger partial charge in [0.25, 0.3) is 6.17 Å². The lowest BCUT2D eigenvalue weighted by Gasteiger charge is -2.50. The number of rotatable bonds is 15. The number of benzene rings is 5. The van der Waals surface area contributed by atoms with Crippen LogP contribution in [0.5, 0.6) is 0 Å². The number of likely N-dealkylation sites (tertiary alicyclic amines) is 1. The molecule has 286 valence electrons. The lowest BCUT2D eigenvalue weighted by Crippen LogP contribution is -2.72. The molecule has 1 amide bonds. The largest absolute Gasteiger partial charge is 0.622 e. The van der Waals surface area contributed by atoms with Crippen LogP contribution in [-0.4, -0.2) is 64.7 Å². The van der Waals surface area contributed by atoms with Gasteiger partial charge in [0, 0.05) is 5.56 Å². The zero-order chi connectivity index (χ0) is 38.5. The third-order valence-corrected chi connectivity index (χ3v) is 9.16. The summed E-state index contributed by atoms with van der Waals surface area (Å²) >= 11 is 0. The van der Waals surface area contributed by atoms with Gasteiger partial charge in [-0.05, 0) is 55.2 Å². The van der Waals surface area contributed by atoms with Crippen LogP contribution in [-0.2, 0) is 50.1 Å². The van der Waals surface area contributed by atoms with Gasteiger partial charge in [-0.25, -0.2) is 9.69 Å². The van der Waals surface area contributed by atoms with Crippen LogP contribution >= 0.6 is 0 Å². The molecule has 1 saturated heterocycles. The summed E-state index contributed by atoms with van der Waals surface area (Å²) in [6, 6.07) is 47.6. The summed E-state index contributed by atoms with van der Waals surface area (Å²) in [6.45, 7) is 6.25. The summed E-state index contributed by atoms with van der Waals surface area (Å²) in [7, 11) is 0. The summed E-state index contributed by atoms with van der Waals surface area (Å²) in [5.41, 5.74) is 3.50. The minimum Gasteiger partial charge on any atom is -0.622 e. The molecule has 5 atom stereocenters. The third-order valence-electron chi connectivity index (χ3n) is 9.16. The van der Waals surface area contributed by atoms with E-state index in [-0.39, 0.29) is 33.0 Å². The molecule has 1 heterocycles. The maximum Gasteiger partial charge on any atom is 0.415 e. The first-order valence-electron chi connectivity index (χ1n) is 18.7. The number of nitrogens with zero attached hydrogens (tertiary/aromatic N) is 2. The van der Waals surface area contributed by atoms with Crippen molar-refractivity contribution in [1.82, 2.24) is 4.90 Å². The van der Waals surface area contributed by atoms with E-state index >= 15 is 0 Å².